The number of benzene rings is 1. The molecule has 0 unspecified atom stereocenters. The van der Waals surface area contributed by atoms with E-state index < -0.39 is 0 Å². The number of anilines is 2. The molecule has 4 heteroatoms. The molecule has 0 bridgehead atoms. The number of piperazine rings is 1. The maximum absolute atomic E-state index is 5.87. The van der Waals surface area contributed by atoms with E-state index >= 15 is 0 Å². The van der Waals surface area contributed by atoms with Crippen LogP contribution in [0.25, 0.3) is 0 Å². The van der Waals surface area contributed by atoms with E-state index in [0.717, 1.165) is 37.7 Å². The van der Waals surface area contributed by atoms with Crippen LogP contribution in [0.15, 0.2) is 12.1 Å². The zero-order valence-electron chi connectivity index (χ0n) is 10.4. The number of ether oxygens (including phenoxy) is 1. The Balaban J connectivity index is 2.01. The van der Waals surface area contributed by atoms with Gasteiger partial charge in [-0.2, -0.15) is 0 Å². The van der Waals surface area contributed by atoms with E-state index in [9.17, 15) is 0 Å². The quantitative estimate of drug-likeness (QED) is 0.681. The van der Waals surface area contributed by atoms with Crippen LogP contribution in [-0.4, -0.2) is 44.2 Å². The van der Waals surface area contributed by atoms with Crippen LogP contribution in [0.4, 0.5) is 11.4 Å². The highest BCUT2D eigenvalue weighted by Crippen LogP contribution is 2.39. The van der Waals surface area contributed by atoms with Gasteiger partial charge in [0.2, 0.25) is 0 Å². The van der Waals surface area contributed by atoms with Crippen molar-refractivity contribution in [3.05, 3.63) is 17.7 Å². The van der Waals surface area contributed by atoms with Gasteiger partial charge in [-0.1, -0.05) is 0 Å². The number of nitrogens with zero attached hydrogens (tertiary/aromatic N) is 2. The van der Waals surface area contributed by atoms with Crippen molar-refractivity contribution in [1.82, 2.24) is 4.90 Å². The van der Waals surface area contributed by atoms with Gasteiger partial charge in [0.15, 0.2) is 0 Å². The first-order chi connectivity index (χ1) is 8.15. The number of likely N-dealkylation sites (N-methyl/N-ethyl adjacent to an activating group) is 1. The third-order valence-electron chi connectivity index (χ3n) is 3.69. The number of rotatable bonds is 0. The van der Waals surface area contributed by atoms with Crippen molar-refractivity contribution >= 4 is 11.4 Å². The second-order valence-electron chi connectivity index (χ2n) is 5.11. The lowest BCUT2D eigenvalue weighted by molar-refractivity contribution is 0.188. The number of nitrogen functional groups attached to an aromatic ring is 1. The predicted molar refractivity (Wildman–Crippen MR) is 69.7 cm³/mol. The Labute approximate surface area is 102 Å². The summed E-state index contributed by atoms with van der Waals surface area (Å²) in [6.07, 6.45) is 0. The lowest BCUT2D eigenvalue weighted by Crippen LogP contribution is -2.56. The highest BCUT2D eigenvalue weighted by Gasteiger charge is 2.32. The van der Waals surface area contributed by atoms with Crippen molar-refractivity contribution in [2.75, 3.05) is 43.9 Å². The minimum Gasteiger partial charge on any atom is -0.489 e. The van der Waals surface area contributed by atoms with Gasteiger partial charge in [0.25, 0.3) is 0 Å². The fourth-order valence-corrected chi connectivity index (χ4v) is 2.89. The van der Waals surface area contributed by atoms with Gasteiger partial charge in [-0.3, -0.25) is 0 Å². The van der Waals surface area contributed by atoms with E-state index in [1.165, 1.54) is 11.3 Å². The summed E-state index contributed by atoms with van der Waals surface area (Å²) in [6, 6.07) is 4.45. The third kappa shape index (κ3) is 1.72. The van der Waals surface area contributed by atoms with Crippen molar-refractivity contribution in [2.45, 2.75) is 13.0 Å². The average Bonchev–Trinajstić information content (AvgIpc) is 2.28. The molecule has 1 aromatic rings. The first-order valence-corrected chi connectivity index (χ1v) is 6.13. The molecule has 1 atom stereocenters. The van der Waals surface area contributed by atoms with E-state index in [1.807, 2.05) is 12.1 Å². The number of hydrogen-bond donors (Lipinski definition) is 1. The van der Waals surface area contributed by atoms with Gasteiger partial charge in [0.05, 0.1) is 11.7 Å². The fourth-order valence-electron chi connectivity index (χ4n) is 2.89. The molecule has 4 nitrogen and oxygen atoms in total. The summed E-state index contributed by atoms with van der Waals surface area (Å²) in [7, 11) is 2.17. The molecule has 0 radical (unpaired) electrons. The largest absolute Gasteiger partial charge is 0.489 e. The minimum atomic E-state index is 0.476. The van der Waals surface area contributed by atoms with Crippen LogP contribution < -0.4 is 15.4 Å². The molecule has 2 aliphatic rings. The number of fused-ring (bicyclic) bond motifs is 3. The highest BCUT2D eigenvalue weighted by molar-refractivity contribution is 5.70. The van der Waals surface area contributed by atoms with Gasteiger partial charge >= 0.3 is 0 Å². The number of nitrogens with two attached hydrogens (primary N) is 1. The molecule has 1 aromatic carbocycles. The molecule has 3 rings (SSSR count). The zero-order valence-corrected chi connectivity index (χ0v) is 10.4. The molecule has 0 amide bonds. The van der Waals surface area contributed by atoms with Crippen molar-refractivity contribution < 1.29 is 4.74 Å². The highest BCUT2D eigenvalue weighted by atomic mass is 16.5. The average molecular weight is 233 g/mol. The summed E-state index contributed by atoms with van der Waals surface area (Å²) in [5, 5.41) is 0. The Morgan fingerprint density at radius 2 is 2.18 bits per heavy atom. The van der Waals surface area contributed by atoms with Crippen molar-refractivity contribution in [2.24, 2.45) is 0 Å². The first-order valence-electron chi connectivity index (χ1n) is 6.13. The summed E-state index contributed by atoms with van der Waals surface area (Å²) < 4.78 is 5.85. The maximum atomic E-state index is 5.87. The molecule has 0 aromatic heterocycles. The van der Waals surface area contributed by atoms with E-state index in [0.29, 0.717) is 6.04 Å². The monoisotopic (exact) mass is 233 g/mol. The van der Waals surface area contributed by atoms with Crippen molar-refractivity contribution in [3.8, 4) is 5.75 Å². The Hall–Kier alpha value is -1.42. The second kappa shape index (κ2) is 3.81. The summed E-state index contributed by atoms with van der Waals surface area (Å²) in [5.74, 6) is 0.948. The van der Waals surface area contributed by atoms with Crippen LogP contribution in [0, 0.1) is 6.92 Å². The standard InChI is InChI=1S/C13H19N3O/c1-9-5-10(14)6-12-13(9)16-4-3-15(2)7-11(16)8-17-12/h5-6,11H,3-4,7-8,14H2,1-2H3/t11-/m1/s1. The molecule has 1 saturated heterocycles. The first kappa shape index (κ1) is 10.7. The van der Waals surface area contributed by atoms with Gasteiger partial charge in [0, 0.05) is 31.4 Å². The number of hydrogen-bond acceptors (Lipinski definition) is 4. The summed E-state index contributed by atoms with van der Waals surface area (Å²) >= 11 is 0. The van der Waals surface area contributed by atoms with E-state index in [-0.39, 0.29) is 0 Å². The summed E-state index contributed by atoms with van der Waals surface area (Å²) in [6.45, 7) is 6.13. The molecule has 1 fully saturated rings. The molecule has 2 heterocycles. The SMILES string of the molecule is Cc1cc(N)cc2c1N1CCN(C)C[C@@H]1CO2. The molecular formula is C13H19N3O. The molecule has 92 valence electrons. The van der Waals surface area contributed by atoms with E-state index in [4.69, 9.17) is 10.5 Å². The second-order valence-corrected chi connectivity index (χ2v) is 5.11. The van der Waals surface area contributed by atoms with E-state index in [1.54, 1.807) is 0 Å². The van der Waals surface area contributed by atoms with Crippen LogP contribution in [0.1, 0.15) is 5.56 Å². The van der Waals surface area contributed by atoms with Crippen LogP contribution in [0.3, 0.4) is 0 Å². The topological polar surface area (TPSA) is 41.7 Å². The van der Waals surface area contributed by atoms with Gasteiger partial charge in [-0.05, 0) is 25.6 Å². The Bertz CT molecular complexity index is 447. The van der Waals surface area contributed by atoms with Gasteiger partial charge in [0.1, 0.15) is 12.4 Å². The Morgan fingerprint density at radius 1 is 1.35 bits per heavy atom. The molecule has 2 N–H and O–H groups in total. The van der Waals surface area contributed by atoms with Crippen molar-refractivity contribution in [3.63, 3.8) is 0 Å². The summed E-state index contributed by atoms with van der Waals surface area (Å²) in [5.41, 5.74) is 9.11. The fraction of sp³-hybridized carbons (Fsp3) is 0.538. The Morgan fingerprint density at radius 3 is 3.00 bits per heavy atom. The van der Waals surface area contributed by atoms with Crippen LogP contribution in [-0.2, 0) is 0 Å². The predicted octanol–water partition coefficient (Wildman–Crippen LogP) is 1.09. The van der Waals surface area contributed by atoms with Gasteiger partial charge < -0.3 is 20.3 Å². The van der Waals surface area contributed by atoms with Crippen LogP contribution >= 0.6 is 0 Å². The van der Waals surface area contributed by atoms with Gasteiger partial charge in [-0.15, -0.1) is 0 Å². The normalized spacial score (nSPS) is 23.9. The third-order valence-corrected chi connectivity index (χ3v) is 3.69. The lowest BCUT2D eigenvalue weighted by Gasteiger charge is -2.45. The summed E-state index contributed by atoms with van der Waals surface area (Å²) in [4.78, 5) is 4.84. The molecule has 2 aliphatic heterocycles. The Kier molecular flexibility index (Phi) is 2.40. The lowest BCUT2D eigenvalue weighted by atomic mass is 10.0. The molecule has 0 saturated carbocycles. The molecule has 17 heavy (non-hydrogen) atoms. The van der Waals surface area contributed by atoms with Crippen LogP contribution in [0.5, 0.6) is 5.75 Å². The molecule has 0 spiro atoms. The minimum absolute atomic E-state index is 0.476. The molecular weight excluding hydrogens is 214 g/mol. The van der Waals surface area contributed by atoms with Crippen molar-refractivity contribution in [1.29, 1.82) is 0 Å². The van der Waals surface area contributed by atoms with Gasteiger partial charge in [-0.25, -0.2) is 0 Å². The zero-order chi connectivity index (χ0) is 12.0. The smallest absolute Gasteiger partial charge is 0.145 e. The molecule has 0 aliphatic carbocycles. The maximum Gasteiger partial charge on any atom is 0.145 e. The van der Waals surface area contributed by atoms with E-state index in [2.05, 4.69) is 23.8 Å². The van der Waals surface area contributed by atoms with Crippen LogP contribution in [0.2, 0.25) is 0 Å². The number of aryl methyl sites for hydroxylation is 1.